The van der Waals surface area contributed by atoms with Crippen LogP contribution in [0.3, 0.4) is 0 Å². The second-order valence-corrected chi connectivity index (χ2v) is 32.6. The van der Waals surface area contributed by atoms with E-state index in [1.54, 1.807) is 39.0 Å². The molecular formula is C47H67BrO18P2Si. The highest BCUT2D eigenvalue weighted by Gasteiger charge is 2.33. The Morgan fingerprint density at radius 2 is 1.04 bits per heavy atom. The van der Waals surface area contributed by atoms with E-state index in [-0.39, 0.29) is 80.5 Å². The van der Waals surface area contributed by atoms with E-state index in [1.807, 2.05) is 13.0 Å². The highest BCUT2D eigenvalue weighted by molar-refractivity contribution is 9.26. The van der Waals surface area contributed by atoms with Gasteiger partial charge in [0.25, 0.3) is 0 Å². The third-order valence-electron chi connectivity index (χ3n) is 10.8. The zero-order valence-corrected chi connectivity index (χ0v) is 45.4. The van der Waals surface area contributed by atoms with Crippen molar-refractivity contribution in [1.29, 1.82) is 0 Å². The Kier molecular flexibility index (Phi) is 23.9. The number of carbonyl (C=O) groups excluding carboxylic acids is 2. The minimum atomic E-state index is -4.16. The topological polar surface area (TPSA) is 279 Å². The minimum Gasteiger partial charge on any atom is -0.507 e. The Morgan fingerprint density at radius 1 is 0.696 bits per heavy atom. The molecule has 0 fully saturated rings. The lowest BCUT2D eigenvalue weighted by molar-refractivity contribution is -0.142. The number of benzene rings is 2. The first-order valence-electron chi connectivity index (χ1n) is 21.7. The first kappa shape index (κ1) is 60.6. The normalized spacial score (nSPS) is 14.8. The number of rotatable bonds is 22. The number of aliphatic carboxylic acids is 2. The summed E-state index contributed by atoms with van der Waals surface area (Å²) in [7, 11) is -1.79. The van der Waals surface area contributed by atoms with Crippen LogP contribution in [0, 0.1) is 25.7 Å². The van der Waals surface area contributed by atoms with Crippen molar-refractivity contribution in [3.8, 4) is 23.0 Å². The lowest BCUT2D eigenvalue weighted by Crippen LogP contribution is -2.13. The number of phenols is 2. The lowest BCUT2D eigenvalue weighted by atomic mass is 9.93. The second-order valence-electron chi connectivity index (χ2n) is 17.3. The van der Waals surface area contributed by atoms with Gasteiger partial charge in [0.05, 0.1) is 38.4 Å². The van der Waals surface area contributed by atoms with E-state index in [0.717, 1.165) is 16.7 Å². The number of cyclic esters (lactones) is 2. The molecule has 0 radical (unpaired) electrons. The summed E-state index contributed by atoms with van der Waals surface area (Å²) in [6, 6.07) is 0. The van der Waals surface area contributed by atoms with Crippen molar-refractivity contribution in [3.63, 3.8) is 0 Å². The summed E-state index contributed by atoms with van der Waals surface area (Å²) in [5, 5.41) is 40.3. The number of halogens is 1. The Hall–Kier alpha value is -4.52. The van der Waals surface area contributed by atoms with Gasteiger partial charge in [-0.05, 0) is 77.3 Å². The molecule has 0 saturated heterocycles. The van der Waals surface area contributed by atoms with E-state index >= 15 is 0 Å². The highest BCUT2D eigenvalue weighted by Crippen LogP contribution is 2.46. The number of carbonyl (C=O) groups is 4. The average molecular weight is 1090 g/mol. The van der Waals surface area contributed by atoms with Crippen LogP contribution in [0.15, 0.2) is 47.6 Å². The molecule has 2 atom stereocenters. The van der Waals surface area contributed by atoms with Crippen LogP contribution >= 0.6 is 30.5 Å². The molecule has 2 unspecified atom stereocenters. The monoisotopic (exact) mass is 1090 g/mol. The number of methoxy groups -OCH3 is 2. The van der Waals surface area contributed by atoms with E-state index in [1.165, 1.54) is 40.6 Å². The number of fused-ring (bicyclic) bond motifs is 2. The largest absolute Gasteiger partial charge is 0.507 e. The SMILES string of the molecule is COc1c(C)c2c(c(O)c1C/C=C(\C)CC(C/C=C/CP(=O)(O)O)C(=O)O)C(=O)OC2.COc1c(C)c2c(c(O)c1C/C=C(\C)CC(C/C=C/CP(=O)(OC)OC)C(=O)O)C(=O)OC2.C[Si](C)(C)Br. The van der Waals surface area contributed by atoms with Crippen LogP contribution in [0.25, 0.3) is 0 Å². The van der Waals surface area contributed by atoms with Crippen LogP contribution in [-0.2, 0) is 63.3 Å². The van der Waals surface area contributed by atoms with Gasteiger partial charge in [-0.3, -0.25) is 18.7 Å². The van der Waals surface area contributed by atoms with Gasteiger partial charge in [0, 0.05) is 36.5 Å². The number of aromatic hydroxyl groups is 2. The first-order chi connectivity index (χ1) is 32.0. The van der Waals surface area contributed by atoms with Gasteiger partial charge in [0.1, 0.15) is 54.0 Å². The summed E-state index contributed by atoms with van der Waals surface area (Å²) in [6.07, 6.45) is 10.5. The average Bonchev–Trinajstić information content (AvgIpc) is 3.86. The van der Waals surface area contributed by atoms with E-state index in [2.05, 4.69) is 34.9 Å². The number of phenolic OH excluding ortho intramolecular Hbond substituents is 2. The number of allylic oxidation sites excluding steroid dienone is 8. The first-order valence-corrected chi connectivity index (χ1v) is 31.0. The van der Waals surface area contributed by atoms with Crippen molar-refractivity contribution in [2.75, 3.05) is 40.8 Å². The maximum absolute atomic E-state index is 12.0. The highest BCUT2D eigenvalue weighted by atomic mass is 79.9. The Morgan fingerprint density at radius 3 is 1.35 bits per heavy atom. The fourth-order valence-corrected chi connectivity index (χ4v) is 8.53. The molecule has 2 aromatic rings. The van der Waals surface area contributed by atoms with E-state index in [9.17, 15) is 48.7 Å². The van der Waals surface area contributed by atoms with Crippen LogP contribution in [0.4, 0.5) is 0 Å². The molecule has 0 bridgehead atoms. The fraction of sp³-hybridized carbons (Fsp3) is 0.489. The van der Waals surface area contributed by atoms with Crippen molar-refractivity contribution < 1.29 is 86.5 Å². The summed E-state index contributed by atoms with van der Waals surface area (Å²) in [5.41, 5.74) is 5.37. The maximum atomic E-state index is 12.0. The van der Waals surface area contributed by atoms with Gasteiger partial charge in [-0.15, -0.1) is 15.3 Å². The molecule has 0 aromatic heterocycles. The van der Waals surface area contributed by atoms with Gasteiger partial charge in [0.15, 0.2) is 0 Å². The van der Waals surface area contributed by atoms with Crippen molar-refractivity contribution in [2.45, 2.75) is 99.1 Å². The van der Waals surface area contributed by atoms with Crippen molar-refractivity contribution >= 4 is 61.1 Å². The molecule has 2 heterocycles. The standard InChI is InChI=1S/C23H31O9P.C21H27O9P.C3H9BrSi/c1-14(12-16(22(25)26)8-6-7-11-33(28,30-4)31-5)9-10-17-20(24)19-18(13-32-23(19)27)15(2)21(17)29-3;1-12(10-14(20(23)24)6-4-5-9-31(26,27)28)7-8-15-18(22)17-16(11-30-21(17)25)13(2)19(15)29-3;1-5(2,3)4/h6-7,9,16,24H,8,10-13H2,1-5H3,(H,25,26);4-5,7,14,22H,6,8-11H2,1-3H3,(H,23,24)(H2,26,27,28);1-3H3/b7-6+,14-9+;5-4+,12-7+;. The molecule has 69 heavy (non-hydrogen) atoms. The van der Waals surface area contributed by atoms with Crippen LogP contribution in [0.2, 0.25) is 19.6 Å². The number of carboxylic acids is 2. The third kappa shape index (κ3) is 18.6. The zero-order chi connectivity index (χ0) is 52.6. The maximum Gasteiger partial charge on any atom is 0.342 e. The third-order valence-corrected chi connectivity index (χ3v) is 13.3. The number of carboxylic acid groups (broad SMARTS) is 2. The van der Waals surface area contributed by atoms with Gasteiger partial charge in [-0.2, -0.15) is 0 Å². The van der Waals surface area contributed by atoms with Crippen molar-refractivity contribution in [2.24, 2.45) is 11.8 Å². The Bertz CT molecular complexity index is 2400. The van der Waals surface area contributed by atoms with Gasteiger partial charge in [-0.1, -0.05) is 67.2 Å². The molecule has 2 aromatic carbocycles. The van der Waals surface area contributed by atoms with Crippen LogP contribution in [0.1, 0.15) is 93.6 Å². The van der Waals surface area contributed by atoms with Crippen LogP contribution < -0.4 is 9.47 Å². The zero-order valence-electron chi connectivity index (χ0n) is 41.0. The van der Waals surface area contributed by atoms with E-state index in [4.69, 9.17) is 37.8 Å². The lowest BCUT2D eigenvalue weighted by Gasteiger charge is -2.16. The summed E-state index contributed by atoms with van der Waals surface area (Å²) >= 11 is 3.51. The predicted molar refractivity (Wildman–Crippen MR) is 267 cm³/mol. The van der Waals surface area contributed by atoms with E-state index in [0.29, 0.717) is 39.3 Å². The molecule has 0 amide bonds. The number of hydrogen-bond acceptors (Lipinski definition) is 14. The predicted octanol–water partition coefficient (Wildman–Crippen LogP) is 9.69. The fourth-order valence-electron chi connectivity index (χ4n) is 7.26. The summed E-state index contributed by atoms with van der Waals surface area (Å²) in [5.74, 6) is -4.02. The molecule has 0 aliphatic carbocycles. The molecule has 0 saturated carbocycles. The van der Waals surface area contributed by atoms with Crippen LogP contribution in [0.5, 0.6) is 23.0 Å². The number of esters is 2. The van der Waals surface area contributed by atoms with Crippen LogP contribution in [-0.4, -0.2) is 102 Å². The molecule has 2 aliphatic rings. The van der Waals surface area contributed by atoms with Crippen molar-refractivity contribution in [1.82, 2.24) is 0 Å². The molecule has 22 heteroatoms. The Labute approximate surface area is 412 Å². The smallest absolute Gasteiger partial charge is 0.342 e. The summed E-state index contributed by atoms with van der Waals surface area (Å²) < 4.78 is 53.6. The van der Waals surface area contributed by atoms with E-state index < -0.39 is 63.8 Å². The van der Waals surface area contributed by atoms with Gasteiger partial charge < -0.3 is 58.2 Å². The molecule has 18 nitrogen and oxygen atoms in total. The molecular weight excluding hydrogens is 1020 g/mol. The molecule has 6 N–H and O–H groups in total. The molecule has 2 aliphatic heterocycles. The van der Waals surface area contributed by atoms with Gasteiger partial charge in [0.2, 0.25) is 0 Å². The van der Waals surface area contributed by atoms with Crippen molar-refractivity contribution in [3.05, 3.63) is 92.1 Å². The summed E-state index contributed by atoms with van der Waals surface area (Å²) in [6.45, 7) is 13.3. The molecule has 0 spiro atoms. The number of hydrogen-bond donors (Lipinski definition) is 6. The molecule has 4 rings (SSSR count). The second kappa shape index (κ2) is 27.2. The Balaban J connectivity index is 0.000000431. The number of ether oxygens (including phenoxy) is 4. The summed E-state index contributed by atoms with van der Waals surface area (Å²) in [4.78, 5) is 64.9. The minimum absolute atomic E-state index is 0.0559. The van der Waals surface area contributed by atoms with Gasteiger partial charge in [-0.25, -0.2) is 9.59 Å². The quantitative estimate of drug-likeness (QED) is 0.0210. The molecule has 384 valence electrons. The van der Waals surface area contributed by atoms with Gasteiger partial charge >= 0.3 is 39.1 Å².